The summed E-state index contributed by atoms with van der Waals surface area (Å²) in [4.78, 5) is 9.20. The van der Waals surface area contributed by atoms with Crippen molar-refractivity contribution in [2.45, 2.75) is 31.8 Å². The molecule has 0 bridgehead atoms. The monoisotopic (exact) mass is 313 g/mol. The Morgan fingerprint density at radius 2 is 2.15 bits per heavy atom. The van der Waals surface area contributed by atoms with E-state index in [9.17, 15) is 0 Å². The quantitative estimate of drug-likeness (QED) is 0.781. The zero-order valence-electron chi connectivity index (χ0n) is 11.9. The second kappa shape index (κ2) is 6.18. The molecular weight excluding hydrogens is 293 g/mol. The molecule has 0 radical (unpaired) electrons. The van der Waals surface area contributed by atoms with E-state index in [0.29, 0.717) is 5.15 Å². The first-order chi connectivity index (χ1) is 9.63. The van der Waals surface area contributed by atoms with Crippen LogP contribution in [0.1, 0.15) is 24.8 Å². The number of hydrogen-bond donors (Lipinski definition) is 0. The third-order valence-electron chi connectivity index (χ3n) is 4.72. The second-order valence-electron chi connectivity index (χ2n) is 6.07. The van der Waals surface area contributed by atoms with Gasteiger partial charge in [-0.05, 0) is 51.4 Å². The molecule has 0 amide bonds. The second-order valence-corrected chi connectivity index (χ2v) is 6.87. The highest BCUT2D eigenvalue weighted by Gasteiger charge is 2.34. The maximum absolute atomic E-state index is 6.25. The van der Waals surface area contributed by atoms with Crippen LogP contribution >= 0.6 is 23.2 Å². The molecule has 0 saturated carbocycles. The summed E-state index contributed by atoms with van der Waals surface area (Å²) in [6, 6.07) is 2.51. The van der Waals surface area contributed by atoms with Crippen LogP contribution in [0, 0.1) is 5.92 Å². The highest BCUT2D eigenvalue weighted by Crippen LogP contribution is 2.31. The standard InChI is InChI=1S/C15H21Cl2N3/c1-19-5-2-3-11-9-20(6-4-14(11)19)10-12-8-18-15(17)7-13(12)16/h7-8,11,14H,2-6,9-10H2,1H3. The molecule has 2 unspecified atom stereocenters. The third-order valence-corrected chi connectivity index (χ3v) is 5.28. The van der Waals surface area contributed by atoms with Crippen LogP contribution in [0.2, 0.25) is 10.2 Å². The van der Waals surface area contributed by atoms with Crippen LogP contribution in [-0.2, 0) is 6.54 Å². The number of piperidine rings is 2. The first-order valence-corrected chi connectivity index (χ1v) is 8.11. The van der Waals surface area contributed by atoms with Gasteiger partial charge in [-0.2, -0.15) is 0 Å². The SMILES string of the molecule is CN1CCCC2CN(Cc3cnc(Cl)cc3Cl)CCC21. The van der Waals surface area contributed by atoms with Crippen molar-refractivity contribution in [3.8, 4) is 0 Å². The van der Waals surface area contributed by atoms with Gasteiger partial charge in [0, 0.05) is 35.9 Å². The Bertz CT molecular complexity index is 480. The zero-order chi connectivity index (χ0) is 14.1. The van der Waals surface area contributed by atoms with Gasteiger partial charge in [0.15, 0.2) is 0 Å². The number of rotatable bonds is 2. The Morgan fingerprint density at radius 1 is 1.30 bits per heavy atom. The summed E-state index contributed by atoms with van der Waals surface area (Å²) in [5.74, 6) is 0.807. The minimum Gasteiger partial charge on any atom is -0.303 e. The van der Waals surface area contributed by atoms with Crippen LogP contribution in [0.3, 0.4) is 0 Å². The number of halogens is 2. The summed E-state index contributed by atoms with van der Waals surface area (Å²) in [7, 11) is 2.27. The predicted octanol–water partition coefficient (Wildman–Crippen LogP) is 3.30. The van der Waals surface area contributed by atoms with Crippen molar-refractivity contribution in [3.05, 3.63) is 28.0 Å². The van der Waals surface area contributed by atoms with Gasteiger partial charge in [-0.3, -0.25) is 4.90 Å². The first-order valence-electron chi connectivity index (χ1n) is 7.36. The topological polar surface area (TPSA) is 19.4 Å². The zero-order valence-corrected chi connectivity index (χ0v) is 13.4. The Labute approximate surface area is 130 Å². The van der Waals surface area contributed by atoms with Crippen molar-refractivity contribution >= 4 is 23.2 Å². The molecule has 20 heavy (non-hydrogen) atoms. The summed E-state index contributed by atoms with van der Waals surface area (Å²) in [6.45, 7) is 4.46. The molecule has 2 atom stereocenters. The van der Waals surface area contributed by atoms with Crippen LogP contribution in [0.5, 0.6) is 0 Å². The maximum atomic E-state index is 6.25. The Hall–Kier alpha value is -0.350. The summed E-state index contributed by atoms with van der Waals surface area (Å²) >= 11 is 12.1. The lowest BCUT2D eigenvalue weighted by molar-refractivity contribution is 0.0354. The molecule has 1 aromatic rings. The lowest BCUT2D eigenvalue weighted by Gasteiger charge is -2.46. The lowest BCUT2D eigenvalue weighted by atomic mass is 9.84. The van der Waals surface area contributed by atoms with E-state index >= 15 is 0 Å². The average Bonchev–Trinajstić information content (AvgIpc) is 2.42. The van der Waals surface area contributed by atoms with E-state index < -0.39 is 0 Å². The predicted molar refractivity (Wildman–Crippen MR) is 83.3 cm³/mol. The van der Waals surface area contributed by atoms with E-state index in [4.69, 9.17) is 23.2 Å². The van der Waals surface area contributed by atoms with Gasteiger partial charge in [0.05, 0.1) is 0 Å². The fraction of sp³-hybridized carbons (Fsp3) is 0.667. The van der Waals surface area contributed by atoms with Gasteiger partial charge in [0.1, 0.15) is 5.15 Å². The van der Waals surface area contributed by atoms with Gasteiger partial charge in [0.2, 0.25) is 0 Å². The van der Waals surface area contributed by atoms with E-state index in [1.54, 1.807) is 6.07 Å². The third kappa shape index (κ3) is 3.11. The molecule has 110 valence electrons. The number of nitrogens with zero attached hydrogens (tertiary/aromatic N) is 3. The molecule has 0 N–H and O–H groups in total. The van der Waals surface area contributed by atoms with Gasteiger partial charge in [-0.15, -0.1) is 0 Å². The first kappa shape index (κ1) is 14.6. The summed E-state index contributed by atoms with van der Waals surface area (Å²) in [5, 5.41) is 1.19. The van der Waals surface area contributed by atoms with Crippen LogP contribution in [0.4, 0.5) is 0 Å². The Morgan fingerprint density at radius 3 is 2.95 bits per heavy atom. The average molecular weight is 314 g/mol. The molecule has 2 aliphatic rings. The summed E-state index contributed by atoms with van der Waals surface area (Å²) < 4.78 is 0. The van der Waals surface area contributed by atoms with Gasteiger partial charge < -0.3 is 4.90 Å². The van der Waals surface area contributed by atoms with Crippen molar-refractivity contribution in [2.75, 3.05) is 26.7 Å². The molecule has 1 aromatic heterocycles. The molecule has 3 heterocycles. The van der Waals surface area contributed by atoms with E-state index in [-0.39, 0.29) is 0 Å². The lowest BCUT2D eigenvalue weighted by Crippen LogP contribution is -2.52. The van der Waals surface area contributed by atoms with E-state index in [1.807, 2.05) is 6.20 Å². The van der Waals surface area contributed by atoms with Gasteiger partial charge in [-0.1, -0.05) is 23.2 Å². The van der Waals surface area contributed by atoms with Crippen molar-refractivity contribution in [1.29, 1.82) is 0 Å². The highest BCUT2D eigenvalue weighted by atomic mass is 35.5. The molecule has 3 nitrogen and oxygen atoms in total. The molecule has 0 spiro atoms. The number of likely N-dealkylation sites (tertiary alicyclic amines) is 2. The fourth-order valence-corrected chi connectivity index (χ4v) is 4.09. The normalized spacial score (nSPS) is 28.4. The Kier molecular flexibility index (Phi) is 4.51. The van der Waals surface area contributed by atoms with E-state index in [1.165, 1.54) is 32.4 Å². The number of aromatic nitrogens is 1. The van der Waals surface area contributed by atoms with Crippen molar-refractivity contribution < 1.29 is 0 Å². The maximum Gasteiger partial charge on any atom is 0.130 e. The van der Waals surface area contributed by atoms with Crippen LogP contribution in [-0.4, -0.2) is 47.5 Å². The van der Waals surface area contributed by atoms with E-state index in [2.05, 4.69) is 21.8 Å². The molecule has 2 aliphatic heterocycles. The van der Waals surface area contributed by atoms with Gasteiger partial charge >= 0.3 is 0 Å². The molecule has 5 heteroatoms. The Balaban J connectivity index is 1.64. The molecule has 2 fully saturated rings. The summed E-state index contributed by atoms with van der Waals surface area (Å²) in [5.41, 5.74) is 1.08. The van der Waals surface area contributed by atoms with Gasteiger partial charge in [-0.25, -0.2) is 4.98 Å². The largest absolute Gasteiger partial charge is 0.303 e. The van der Waals surface area contributed by atoms with Crippen molar-refractivity contribution in [3.63, 3.8) is 0 Å². The smallest absolute Gasteiger partial charge is 0.130 e. The van der Waals surface area contributed by atoms with Crippen LogP contribution in [0.15, 0.2) is 12.3 Å². The van der Waals surface area contributed by atoms with Crippen molar-refractivity contribution in [2.24, 2.45) is 5.92 Å². The number of hydrogen-bond acceptors (Lipinski definition) is 3. The molecule has 0 aliphatic carbocycles. The van der Waals surface area contributed by atoms with Gasteiger partial charge in [0.25, 0.3) is 0 Å². The number of fused-ring (bicyclic) bond motifs is 1. The minimum absolute atomic E-state index is 0.464. The minimum atomic E-state index is 0.464. The molecular formula is C15H21Cl2N3. The van der Waals surface area contributed by atoms with Crippen LogP contribution in [0.25, 0.3) is 0 Å². The molecule has 0 aromatic carbocycles. The highest BCUT2D eigenvalue weighted by molar-refractivity contribution is 6.34. The van der Waals surface area contributed by atoms with E-state index in [0.717, 1.165) is 35.6 Å². The van der Waals surface area contributed by atoms with Crippen LogP contribution < -0.4 is 0 Å². The molecule has 3 rings (SSSR count). The molecule has 2 saturated heterocycles. The summed E-state index contributed by atoms with van der Waals surface area (Å²) in [6.07, 6.45) is 5.76. The van der Waals surface area contributed by atoms with Crippen molar-refractivity contribution in [1.82, 2.24) is 14.8 Å². The fourth-order valence-electron chi connectivity index (χ4n) is 3.66. The number of pyridine rings is 1.